The van der Waals surface area contributed by atoms with Gasteiger partial charge in [0.15, 0.2) is 5.76 Å². The molecule has 1 heterocycles. The van der Waals surface area contributed by atoms with Gasteiger partial charge in [-0.05, 0) is 17.7 Å². The van der Waals surface area contributed by atoms with E-state index in [9.17, 15) is 19.5 Å². The van der Waals surface area contributed by atoms with Crippen LogP contribution in [0.2, 0.25) is 0 Å². The van der Waals surface area contributed by atoms with Crippen LogP contribution in [0.4, 0.5) is 0 Å². The number of carbonyl (C=O) groups excluding carboxylic acids is 2. The molecule has 2 N–H and O–H groups in total. The summed E-state index contributed by atoms with van der Waals surface area (Å²) in [6.45, 7) is 0.0976. The Morgan fingerprint density at radius 1 is 1.16 bits per heavy atom. The molecule has 1 aromatic heterocycles. The van der Waals surface area contributed by atoms with Crippen molar-refractivity contribution in [2.45, 2.75) is 18.9 Å². The highest BCUT2D eigenvalue weighted by Crippen LogP contribution is 2.09. The zero-order valence-electron chi connectivity index (χ0n) is 13.8. The summed E-state index contributed by atoms with van der Waals surface area (Å²) in [4.78, 5) is 36.7. The average Bonchev–Trinajstić information content (AvgIpc) is 3.14. The Morgan fingerprint density at radius 2 is 1.88 bits per heavy atom. The number of carbonyl (C=O) groups is 3. The van der Waals surface area contributed by atoms with Crippen LogP contribution < -0.4 is 5.32 Å². The molecule has 2 amide bonds. The maximum absolute atomic E-state index is 12.2. The number of hydrogen-bond acceptors (Lipinski definition) is 4. The van der Waals surface area contributed by atoms with E-state index in [1.165, 1.54) is 24.3 Å². The standard InChI is InChI=1S/C18H20N2O5/c1-20(14(18(23)24)12-13-6-3-2-4-7-13)16(21)9-10-19-17(22)15-8-5-11-25-15/h2-8,11,14H,9-10,12H2,1H3,(H,19,22)(H,23,24). The second-order valence-electron chi connectivity index (χ2n) is 5.53. The average molecular weight is 344 g/mol. The van der Waals surface area contributed by atoms with Crippen molar-refractivity contribution in [1.82, 2.24) is 10.2 Å². The molecule has 2 rings (SSSR count). The van der Waals surface area contributed by atoms with Gasteiger partial charge in [-0.1, -0.05) is 30.3 Å². The summed E-state index contributed by atoms with van der Waals surface area (Å²) >= 11 is 0. The highest BCUT2D eigenvalue weighted by Gasteiger charge is 2.26. The molecule has 0 aliphatic carbocycles. The van der Waals surface area contributed by atoms with Crippen molar-refractivity contribution in [3.8, 4) is 0 Å². The van der Waals surface area contributed by atoms with Gasteiger partial charge in [0.1, 0.15) is 6.04 Å². The number of amides is 2. The first-order valence-electron chi connectivity index (χ1n) is 7.83. The number of aliphatic carboxylic acids is 1. The van der Waals surface area contributed by atoms with E-state index >= 15 is 0 Å². The van der Waals surface area contributed by atoms with Crippen LogP contribution in [-0.4, -0.2) is 47.4 Å². The molecular formula is C18H20N2O5. The molecule has 0 saturated carbocycles. The molecule has 25 heavy (non-hydrogen) atoms. The molecule has 1 atom stereocenters. The lowest BCUT2D eigenvalue weighted by Crippen LogP contribution is -2.44. The molecule has 0 radical (unpaired) electrons. The van der Waals surface area contributed by atoms with Crippen LogP contribution in [-0.2, 0) is 16.0 Å². The molecule has 0 aliphatic rings. The van der Waals surface area contributed by atoms with E-state index in [0.29, 0.717) is 0 Å². The summed E-state index contributed by atoms with van der Waals surface area (Å²) in [6.07, 6.45) is 1.60. The third-order valence-corrected chi connectivity index (χ3v) is 3.79. The molecule has 0 spiro atoms. The lowest BCUT2D eigenvalue weighted by Gasteiger charge is -2.25. The monoisotopic (exact) mass is 344 g/mol. The van der Waals surface area contributed by atoms with E-state index in [1.807, 2.05) is 30.3 Å². The predicted molar refractivity (Wildman–Crippen MR) is 90.0 cm³/mol. The Bertz CT molecular complexity index is 712. The van der Waals surface area contributed by atoms with Gasteiger partial charge in [-0.2, -0.15) is 0 Å². The van der Waals surface area contributed by atoms with Gasteiger partial charge in [0.25, 0.3) is 5.91 Å². The molecule has 0 bridgehead atoms. The van der Waals surface area contributed by atoms with E-state index in [2.05, 4.69) is 5.32 Å². The Morgan fingerprint density at radius 3 is 2.48 bits per heavy atom. The number of likely N-dealkylation sites (N-methyl/N-ethyl adjacent to an activating group) is 1. The second kappa shape index (κ2) is 8.68. The van der Waals surface area contributed by atoms with Gasteiger partial charge in [-0.25, -0.2) is 4.79 Å². The van der Waals surface area contributed by atoms with Crippen molar-refractivity contribution in [2.24, 2.45) is 0 Å². The lowest BCUT2D eigenvalue weighted by atomic mass is 10.0. The van der Waals surface area contributed by atoms with Crippen LogP contribution in [0.15, 0.2) is 53.1 Å². The number of rotatable bonds is 8. The molecule has 0 saturated heterocycles. The quantitative estimate of drug-likeness (QED) is 0.757. The third kappa shape index (κ3) is 5.20. The lowest BCUT2D eigenvalue weighted by molar-refractivity contribution is -0.148. The first-order chi connectivity index (χ1) is 12.0. The summed E-state index contributed by atoms with van der Waals surface area (Å²) in [5.41, 5.74) is 0.834. The molecule has 2 aromatic rings. The minimum atomic E-state index is -1.07. The minimum Gasteiger partial charge on any atom is -0.480 e. The SMILES string of the molecule is CN(C(=O)CCNC(=O)c1ccco1)C(Cc1ccccc1)C(=O)O. The van der Waals surface area contributed by atoms with Gasteiger partial charge in [0.05, 0.1) is 6.26 Å². The van der Waals surface area contributed by atoms with Gasteiger partial charge in [0, 0.05) is 26.4 Å². The van der Waals surface area contributed by atoms with E-state index in [0.717, 1.165) is 5.56 Å². The first-order valence-corrected chi connectivity index (χ1v) is 7.83. The van der Waals surface area contributed by atoms with Crippen LogP contribution in [0.25, 0.3) is 0 Å². The molecule has 0 aliphatic heterocycles. The Hall–Kier alpha value is -3.09. The van der Waals surface area contributed by atoms with Crippen LogP contribution in [0.3, 0.4) is 0 Å². The van der Waals surface area contributed by atoms with Gasteiger partial charge >= 0.3 is 5.97 Å². The van der Waals surface area contributed by atoms with Crippen LogP contribution in [0.5, 0.6) is 0 Å². The minimum absolute atomic E-state index is 0.00151. The van der Waals surface area contributed by atoms with Gasteiger partial charge in [0.2, 0.25) is 5.91 Å². The fourth-order valence-corrected chi connectivity index (χ4v) is 2.36. The van der Waals surface area contributed by atoms with Crippen molar-refractivity contribution in [3.63, 3.8) is 0 Å². The van der Waals surface area contributed by atoms with Gasteiger partial charge in [-0.15, -0.1) is 0 Å². The van der Waals surface area contributed by atoms with Crippen molar-refractivity contribution in [1.29, 1.82) is 0 Å². The molecule has 132 valence electrons. The van der Waals surface area contributed by atoms with E-state index < -0.39 is 17.9 Å². The number of furan rings is 1. The smallest absolute Gasteiger partial charge is 0.326 e. The van der Waals surface area contributed by atoms with Crippen molar-refractivity contribution < 1.29 is 23.9 Å². The zero-order valence-corrected chi connectivity index (χ0v) is 13.8. The zero-order chi connectivity index (χ0) is 18.2. The highest BCUT2D eigenvalue weighted by molar-refractivity contribution is 5.91. The topological polar surface area (TPSA) is 99.9 Å². The number of nitrogens with zero attached hydrogens (tertiary/aromatic N) is 1. The van der Waals surface area contributed by atoms with Crippen molar-refractivity contribution in [3.05, 3.63) is 60.1 Å². The van der Waals surface area contributed by atoms with E-state index in [4.69, 9.17) is 4.42 Å². The summed E-state index contributed by atoms with van der Waals surface area (Å²) in [5.74, 6) is -1.68. The fourth-order valence-electron chi connectivity index (χ4n) is 2.36. The largest absolute Gasteiger partial charge is 0.480 e. The number of nitrogens with one attached hydrogen (secondary N) is 1. The molecule has 7 nitrogen and oxygen atoms in total. The van der Waals surface area contributed by atoms with Crippen molar-refractivity contribution in [2.75, 3.05) is 13.6 Å². The fraction of sp³-hybridized carbons (Fsp3) is 0.278. The molecule has 7 heteroatoms. The predicted octanol–water partition coefficient (Wildman–Crippen LogP) is 1.55. The molecule has 1 aromatic carbocycles. The summed E-state index contributed by atoms with van der Waals surface area (Å²) in [7, 11) is 1.46. The van der Waals surface area contributed by atoms with E-state index in [1.54, 1.807) is 6.07 Å². The number of carboxylic acid groups (broad SMARTS) is 1. The highest BCUT2D eigenvalue weighted by atomic mass is 16.4. The third-order valence-electron chi connectivity index (χ3n) is 3.79. The Labute approximate surface area is 145 Å². The van der Waals surface area contributed by atoms with Crippen LogP contribution >= 0.6 is 0 Å². The van der Waals surface area contributed by atoms with Crippen LogP contribution in [0.1, 0.15) is 22.5 Å². The number of carboxylic acids is 1. The van der Waals surface area contributed by atoms with Crippen LogP contribution in [0, 0.1) is 0 Å². The van der Waals surface area contributed by atoms with Gasteiger partial charge in [-0.3, -0.25) is 9.59 Å². The number of hydrogen-bond donors (Lipinski definition) is 2. The maximum Gasteiger partial charge on any atom is 0.326 e. The summed E-state index contributed by atoms with van der Waals surface area (Å²) < 4.78 is 4.95. The summed E-state index contributed by atoms with van der Waals surface area (Å²) in [6, 6.07) is 11.3. The van der Waals surface area contributed by atoms with Crippen molar-refractivity contribution >= 4 is 17.8 Å². The molecule has 0 fully saturated rings. The molecular weight excluding hydrogens is 324 g/mol. The Balaban J connectivity index is 1.87. The van der Waals surface area contributed by atoms with Gasteiger partial charge < -0.3 is 19.7 Å². The first kappa shape index (κ1) is 18.3. The summed E-state index contributed by atoms with van der Waals surface area (Å²) in [5, 5.41) is 12.0. The maximum atomic E-state index is 12.2. The number of benzene rings is 1. The Kier molecular flexibility index (Phi) is 6.33. The normalized spacial score (nSPS) is 11.6. The molecule has 1 unspecified atom stereocenters. The van der Waals surface area contributed by atoms with E-state index in [-0.39, 0.29) is 31.1 Å². The second-order valence-corrected chi connectivity index (χ2v) is 5.53.